The highest BCUT2D eigenvalue weighted by atomic mass is 16.5. The first-order valence-electron chi connectivity index (χ1n) is 8.59. The number of amides is 1. The zero-order valence-electron chi connectivity index (χ0n) is 14.8. The number of hydrogen-bond donors (Lipinski definition) is 3. The molecule has 3 rings (SSSR count). The molecule has 27 heavy (non-hydrogen) atoms. The second-order valence-corrected chi connectivity index (χ2v) is 6.40. The van der Waals surface area contributed by atoms with Crippen molar-refractivity contribution < 1.29 is 14.6 Å². The minimum absolute atomic E-state index is 0.173. The van der Waals surface area contributed by atoms with Gasteiger partial charge >= 0.3 is 5.69 Å². The van der Waals surface area contributed by atoms with Gasteiger partial charge in [0.1, 0.15) is 12.3 Å². The molecule has 8 nitrogen and oxygen atoms in total. The maximum Gasteiger partial charge on any atom is 0.330 e. The molecule has 8 heteroatoms. The van der Waals surface area contributed by atoms with Crippen molar-refractivity contribution in [3.8, 4) is 0 Å². The van der Waals surface area contributed by atoms with Crippen LogP contribution in [-0.4, -0.2) is 32.8 Å². The van der Waals surface area contributed by atoms with Crippen LogP contribution in [0.1, 0.15) is 23.8 Å². The van der Waals surface area contributed by atoms with Crippen LogP contribution in [0.2, 0.25) is 0 Å². The highest BCUT2D eigenvalue weighted by molar-refractivity contribution is 5.87. The summed E-state index contributed by atoms with van der Waals surface area (Å²) < 4.78 is 6.91. The number of rotatable bonds is 5. The number of H-pyrrole nitrogens is 1. The molecule has 1 aliphatic heterocycles. The zero-order valence-corrected chi connectivity index (χ0v) is 14.8. The van der Waals surface area contributed by atoms with Crippen molar-refractivity contribution in [2.24, 2.45) is 0 Å². The number of ether oxygens (including phenoxy) is 1. The normalized spacial score (nSPS) is 22.2. The Balaban J connectivity index is 1.60. The summed E-state index contributed by atoms with van der Waals surface area (Å²) in [5.74, 6) is -0.310. The second kappa shape index (κ2) is 8.15. The molecule has 1 aliphatic rings. The average Bonchev–Trinajstić information content (AvgIpc) is 3.02. The van der Waals surface area contributed by atoms with E-state index in [9.17, 15) is 19.5 Å². The zero-order chi connectivity index (χ0) is 19.4. The van der Waals surface area contributed by atoms with Crippen molar-refractivity contribution in [3.05, 3.63) is 80.6 Å². The van der Waals surface area contributed by atoms with Crippen LogP contribution in [0, 0.1) is 6.92 Å². The number of nitrogens with zero attached hydrogens (tertiary/aromatic N) is 1. The number of aryl methyl sites for hydroxylation is 1. The van der Waals surface area contributed by atoms with Crippen LogP contribution >= 0.6 is 0 Å². The van der Waals surface area contributed by atoms with E-state index in [1.54, 1.807) is 6.92 Å². The van der Waals surface area contributed by atoms with Gasteiger partial charge in [-0.1, -0.05) is 30.3 Å². The van der Waals surface area contributed by atoms with Gasteiger partial charge in [-0.15, -0.1) is 0 Å². The van der Waals surface area contributed by atoms with E-state index in [2.05, 4.69) is 10.3 Å². The quantitative estimate of drug-likeness (QED) is 0.657. The Bertz CT molecular complexity index is 948. The van der Waals surface area contributed by atoms with E-state index in [0.717, 1.165) is 5.56 Å². The minimum Gasteiger partial charge on any atom is -0.390 e. The summed E-state index contributed by atoms with van der Waals surface area (Å²) in [6.07, 6.45) is 2.03. The molecule has 0 spiro atoms. The molecule has 0 saturated carbocycles. The third kappa shape index (κ3) is 4.60. The summed E-state index contributed by atoms with van der Waals surface area (Å²) >= 11 is 0. The molecule has 0 unspecified atom stereocenters. The molecule has 1 amide bonds. The third-order valence-corrected chi connectivity index (χ3v) is 4.34. The number of aliphatic hydroxyl groups excluding tert-OH is 1. The molecule has 0 bridgehead atoms. The van der Waals surface area contributed by atoms with Crippen LogP contribution in [-0.2, 0) is 16.1 Å². The van der Waals surface area contributed by atoms with E-state index < -0.39 is 29.7 Å². The molecule has 1 fully saturated rings. The van der Waals surface area contributed by atoms with Gasteiger partial charge in [0, 0.05) is 30.8 Å². The van der Waals surface area contributed by atoms with E-state index in [1.807, 2.05) is 30.3 Å². The van der Waals surface area contributed by atoms with Crippen molar-refractivity contribution in [1.82, 2.24) is 14.9 Å². The van der Waals surface area contributed by atoms with E-state index >= 15 is 0 Å². The van der Waals surface area contributed by atoms with E-state index in [0.29, 0.717) is 12.1 Å². The van der Waals surface area contributed by atoms with Crippen LogP contribution in [0.4, 0.5) is 0 Å². The summed E-state index contributed by atoms with van der Waals surface area (Å²) in [5, 5.41) is 12.9. The molecule has 0 aliphatic carbocycles. The van der Waals surface area contributed by atoms with Gasteiger partial charge < -0.3 is 15.2 Å². The van der Waals surface area contributed by atoms with Crippen molar-refractivity contribution in [1.29, 1.82) is 0 Å². The van der Waals surface area contributed by atoms with Gasteiger partial charge in [-0.25, -0.2) is 4.79 Å². The first-order chi connectivity index (χ1) is 12.9. The maximum absolute atomic E-state index is 11.9. The Hall–Kier alpha value is -2.97. The van der Waals surface area contributed by atoms with Gasteiger partial charge in [0.15, 0.2) is 0 Å². The molecule has 2 aromatic rings. The Morgan fingerprint density at radius 2 is 2.11 bits per heavy atom. The first kappa shape index (κ1) is 18.8. The van der Waals surface area contributed by atoms with Crippen LogP contribution in [0.3, 0.4) is 0 Å². The fourth-order valence-electron chi connectivity index (χ4n) is 2.85. The number of carbonyl (C=O) groups excluding carboxylic acids is 1. The van der Waals surface area contributed by atoms with Crippen molar-refractivity contribution in [3.63, 3.8) is 0 Å². The molecule has 1 aromatic carbocycles. The van der Waals surface area contributed by atoms with Gasteiger partial charge in [-0.2, -0.15) is 0 Å². The predicted octanol–water partition coefficient (Wildman–Crippen LogP) is 0.366. The smallest absolute Gasteiger partial charge is 0.330 e. The molecule has 1 saturated heterocycles. The van der Waals surface area contributed by atoms with Gasteiger partial charge in [-0.3, -0.25) is 19.1 Å². The maximum atomic E-state index is 11.9. The number of hydrogen-bond acceptors (Lipinski definition) is 5. The van der Waals surface area contributed by atoms with E-state index in [1.165, 1.54) is 22.9 Å². The molecule has 0 radical (unpaired) electrons. The molecule has 3 N–H and O–H groups in total. The summed E-state index contributed by atoms with van der Waals surface area (Å²) in [6, 6.07) is 9.49. The summed E-state index contributed by atoms with van der Waals surface area (Å²) in [5.41, 5.74) is 0.283. The van der Waals surface area contributed by atoms with Crippen LogP contribution in [0.15, 0.2) is 58.3 Å². The molecule has 3 atom stereocenters. The van der Waals surface area contributed by atoms with Gasteiger partial charge in [0.05, 0.1) is 6.10 Å². The SMILES string of the molecule is Cc1cn([C@H]2C[C@H](O)[C@@H](/C=C/C(=O)NCc3ccccc3)O2)c(=O)[nH]c1=O. The van der Waals surface area contributed by atoms with Gasteiger partial charge in [0.2, 0.25) is 5.91 Å². The molecule has 2 heterocycles. The van der Waals surface area contributed by atoms with Crippen molar-refractivity contribution in [2.75, 3.05) is 0 Å². The van der Waals surface area contributed by atoms with Crippen molar-refractivity contribution >= 4 is 5.91 Å². The van der Waals surface area contributed by atoms with E-state index in [-0.39, 0.29) is 12.3 Å². The Kier molecular flexibility index (Phi) is 5.68. The Morgan fingerprint density at radius 3 is 2.85 bits per heavy atom. The van der Waals surface area contributed by atoms with Crippen LogP contribution in [0.25, 0.3) is 0 Å². The minimum atomic E-state index is -0.868. The lowest BCUT2D eigenvalue weighted by atomic mass is 10.1. The molecular weight excluding hydrogens is 350 g/mol. The molecule has 1 aromatic heterocycles. The van der Waals surface area contributed by atoms with Crippen molar-refractivity contribution in [2.45, 2.75) is 38.3 Å². The highest BCUT2D eigenvalue weighted by Gasteiger charge is 2.34. The lowest BCUT2D eigenvalue weighted by molar-refractivity contribution is -0.116. The van der Waals surface area contributed by atoms with Gasteiger partial charge in [-0.05, 0) is 18.6 Å². The monoisotopic (exact) mass is 371 g/mol. The first-order valence-corrected chi connectivity index (χ1v) is 8.59. The second-order valence-electron chi connectivity index (χ2n) is 6.40. The third-order valence-electron chi connectivity index (χ3n) is 4.34. The predicted molar refractivity (Wildman–Crippen MR) is 98.0 cm³/mol. The summed E-state index contributed by atoms with van der Waals surface area (Å²) in [7, 11) is 0. The molecule has 142 valence electrons. The summed E-state index contributed by atoms with van der Waals surface area (Å²) in [4.78, 5) is 37.5. The fraction of sp³-hybridized carbons (Fsp3) is 0.316. The Morgan fingerprint density at radius 1 is 1.37 bits per heavy atom. The van der Waals surface area contributed by atoms with Crippen LogP contribution in [0.5, 0.6) is 0 Å². The average molecular weight is 371 g/mol. The number of aromatic amines is 1. The lowest BCUT2D eigenvalue weighted by Crippen LogP contribution is -2.33. The fourth-order valence-corrected chi connectivity index (χ4v) is 2.85. The molecular formula is C19H21N3O5. The Labute approximate surface area is 155 Å². The van der Waals surface area contributed by atoms with Gasteiger partial charge in [0.25, 0.3) is 5.56 Å². The topological polar surface area (TPSA) is 113 Å². The highest BCUT2D eigenvalue weighted by Crippen LogP contribution is 2.28. The number of aromatic nitrogens is 2. The lowest BCUT2D eigenvalue weighted by Gasteiger charge is -2.14. The largest absolute Gasteiger partial charge is 0.390 e. The van der Waals surface area contributed by atoms with E-state index in [4.69, 9.17) is 4.74 Å². The standard InChI is InChI=1S/C19H21N3O5/c1-12-11-22(19(26)21-18(12)25)17-9-14(23)15(27-17)7-8-16(24)20-10-13-5-3-2-4-6-13/h2-8,11,14-15,17,23H,9-10H2,1H3,(H,20,24)(H,21,25,26)/b8-7+/t14-,15+,17+/m0/s1. The van der Waals surface area contributed by atoms with Crippen LogP contribution < -0.4 is 16.6 Å². The number of nitrogens with one attached hydrogen (secondary N) is 2. The summed E-state index contributed by atoms with van der Waals surface area (Å²) in [6.45, 7) is 1.97. The number of benzene rings is 1. The number of aliphatic hydroxyl groups is 1. The number of carbonyl (C=O) groups is 1.